The third-order valence-corrected chi connectivity index (χ3v) is 6.01. The van der Waals surface area contributed by atoms with Gasteiger partial charge < -0.3 is 14.7 Å². The number of cyclic esters (lactones) is 1. The molecule has 0 aromatic heterocycles. The number of benzene rings is 1. The van der Waals surface area contributed by atoms with Gasteiger partial charge in [-0.3, -0.25) is 9.69 Å². The van der Waals surface area contributed by atoms with E-state index in [9.17, 15) is 9.90 Å². The van der Waals surface area contributed by atoms with E-state index < -0.39 is 0 Å². The third kappa shape index (κ3) is 3.92. The zero-order valence-electron chi connectivity index (χ0n) is 15.4. The van der Waals surface area contributed by atoms with Crippen LogP contribution >= 0.6 is 0 Å². The Morgan fingerprint density at radius 1 is 1.20 bits per heavy atom. The van der Waals surface area contributed by atoms with Gasteiger partial charge in [0, 0.05) is 50.9 Å². The van der Waals surface area contributed by atoms with Gasteiger partial charge in [-0.15, -0.1) is 0 Å². The largest absolute Gasteiger partial charge is 0.508 e. The molecule has 0 saturated carbocycles. The van der Waals surface area contributed by atoms with Crippen molar-refractivity contribution < 1.29 is 14.6 Å². The van der Waals surface area contributed by atoms with Crippen LogP contribution in [0, 0.1) is 5.41 Å². The van der Waals surface area contributed by atoms with Crippen molar-refractivity contribution in [2.75, 3.05) is 37.6 Å². The van der Waals surface area contributed by atoms with Gasteiger partial charge in [-0.25, -0.2) is 0 Å². The van der Waals surface area contributed by atoms with Crippen molar-refractivity contribution in [3.63, 3.8) is 0 Å². The lowest BCUT2D eigenvalue weighted by atomic mass is 9.79. The SMILES string of the molecule is CCC1(CC)CC(CCN2CCN(c3cccc(O)c3)CC2)OC1=O. The molecule has 0 bridgehead atoms. The maximum Gasteiger partial charge on any atom is 0.312 e. The number of carbonyl (C=O) groups excluding carboxylic acids is 1. The summed E-state index contributed by atoms with van der Waals surface area (Å²) in [5.74, 6) is 0.328. The number of phenols is 1. The van der Waals surface area contributed by atoms with Gasteiger partial charge in [-0.1, -0.05) is 19.9 Å². The Morgan fingerprint density at radius 2 is 1.92 bits per heavy atom. The highest BCUT2D eigenvalue weighted by Gasteiger charge is 2.46. The molecule has 25 heavy (non-hydrogen) atoms. The lowest BCUT2D eigenvalue weighted by Crippen LogP contribution is -2.47. The van der Waals surface area contributed by atoms with E-state index in [0.717, 1.165) is 64.1 Å². The molecule has 1 aromatic rings. The van der Waals surface area contributed by atoms with Crippen LogP contribution in [0.3, 0.4) is 0 Å². The van der Waals surface area contributed by atoms with Crippen LogP contribution in [0.2, 0.25) is 0 Å². The first-order valence-electron chi connectivity index (χ1n) is 9.54. The molecule has 0 aliphatic carbocycles. The van der Waals surface area contributed by atoms with Crippen molar-refractivity contribution in [1.82, 2.24) is 4.90 Å². The van der Waals surface area contributed by atoms with Crippen LogP contribution < -0.4 is 4.90 Å². The number of hydrogen-bond acceptors (Lipinski definition) is 5. The number of hydrogen-bond donors (Lipinski definition) is 1. The number of aromatic hydroxyl groups is 1. The predicted octanol–water partition coefficient (Wildman–Crippen LogP) is 3.03. The van der Waals surface area contributed by atoms with E-state index in [2.05, 4.69) is 23.6 Å². The smallest absolute Gasteiger partial charge is 0.312 e. The van der Waals surface area contributed by atoms with E-state index in [0.29, 0.717) is 5.75 Å². The van der Waals surface area contributed by atoms with Crippen LogP contribution in [0.4, 0.5) is 5.69 Å². The molecule has 1 N–H and O–H groups in total. The zero-order chi connectivity index (χ0) is 17.9. The zero-order valence-corrected chi connectivity index (χ0v) is 15.4. The Hall–Kier alpha value is -1.75. The van der Waals surface area contributed by atoms with Gasteiger partial charge in [0.1, 0.15) is 11.9 Å². The van der Waals surface area contributed by atoms with E-state index in [-0.39, 0.29) is 17.5 Å². The van der Waals surface area contributed by atoms with E-state index in [1.165, 1.54) is 0 Å². The summed E-state index contributed by atoms with van der Waals surface area (Å²) in [4.78, 5) is 16.9. The molecule has 5 heteroatoms. The van der Waals surface area contributed by atoms with Gasteiger partial charge in [-0.05, 0) is 31.4 Å². The standard InChI is InChI=1S/C20H30N2O3/c1-3-20(4-2)15-18(25-19(20)24)8-9-21-10-12-22(13-11-21)16-6-5-7-17(23)14-16/h5-7,14,18,23H,3-4,8-13,15H2,1-2H3. The summed E-state index contributed by atoms with van der Waals surface area (Å²) in [6.45, 7) is 9.09. The highest BCUT2D eigenvalue weighted by Crippen LogP contribution is 2.41. The molecule has 2 aliphatic rings. The summed E-state index contributed by atoms with van der Waals surface area (Å²) in [6, 6.07) is 7.46. The van der Waals surface area contributed by atoms with E-state index in [4.69, 9.17) is 4.74 Å². The molecule has 2 aliphatic heterocycles. The van der Waals surface area contributed by atoms with Crippen LogP contribution in [0.15, 0.2) is 24.3 Å². The van der Waals surface area contributed by atoms with Gasteiger partial charge in [0.2, 0.25) is 0 Å². The average Bonchev–Trinajstić information content (AvgIpc) is 2.96. The number of esters is 1. The van der Waals surface area contributed by atoms with Gasteiger partial charge in [0.25, 0.3) is 0 Å². The predicted molar refractivity (Wildman–Crippen MR) is 98.9 cm³/mol. The van der Waals surface area contributed by atoms with Crippen LogP contribution in [0.25, 0.3) is 0 Å². The summed E-state index contributed by atoms with van der Waals surface area (Å²) in [5.41, 5.74) is 0.846. The molecule has 0 spiro atoms. The van der Waals surface area contributed by atoms with E-state index in [1.807, 2.05) is 18.2 Å². The lowest BCUT2D eigenvalue weighted by molar-refractivity contribution is -0.149. The Kier molecular flexibility index (Phi) is 5.52. The van der Waals surface area contributed by atoms with Crippen molar-refractivity contribution in [3.05, 3.63) is 24.3 Å². The first-order chi connectivity index (χ1) is 12.1. The van der Waals surface area contributed by atoms with Crippen molar-refractivity contribution >= 4 is 11.7 Å². The number of ether oxygens (including phenoxy) is 1. The van der Waals surface area contributed by atoms with Crippen LogP contribution in [-0.4, -0.2) is 54.8 Å². The molecule has 0 amide bonds. The summed E-state index contributed by atoms with van der Waals surface area (Å²) in [5, 5.41) is 9.63. The third-order valence-electron chi connectivity index (χ3n) is 6.01. The van der Waals surface area contributed by atoms with Crippen molar-refractivity contribution in [3.8, 4) is 5.75 Å². The lowest BCUT2D eigenvalue weighted by Gasteiger charge is -2.36. The molecule has 2 saturated heterocycles. The maximum absolute atomic E-state index is 12.2. The maximum atomic E-state index is 12.2. The van der Waals surface area contributed by atoms with Crippen molar-refractivity contribution in [2.24, 2.45) is 5.41 Å². The Bertz CT molecular complexity index is 592. The normalized spacial score (nSPS) is 23.7. The molecule has 1 aromatic carbocycles. The highest BCUT2D eigenvalue weighted by molar-refractivity contribution is 5.78. The monoisotopic (exact) mass is 346 g/mol. The first-order valence-corrected chi connectivity index (χ1v) is 9.54. The van der Waals surface area contributed by atoms with Crippen molar-refractivity contribution in [2.45, 2.75) is 45.6 Å². The molecule has 1 atom stereocenters. The molecule has 2 heterocycles. The second-order valence-corrected chi connectivity index (χ2v) is 7.36. The minimum absolute atomic E-state index is 0.0104. The van der Waals surface area contributed by atoms with Crippen LogP contribution in [-0.2, 0) is 9.53 Å². The topological polar surface area (TPSA) is 53.0 Å². The molecule has 2 fully saturated rings. The summed E-state index contributed by atoms with van der Waals surface area (Å²) in [7, 11) is 0. The Labute approximate surface area is 150 Å². The van der Waals surface area contributed by atoms with Crippen molar-refractivity contribution in [1.29, 1.82) is 0 Å². The van der Waals surface area contributed by atoms with Gasteiger partial charge in [-0.2, -0.15) is 0 Å². The molecule has 138 valence electrons. The first kappa shape index (κ1) is 18.1. The highest BCUT2D eigenvalue weighted by atomic mass is 16.6. The number of piperazine rings is 1. The molecule has 1 unspecified atom stereocenters. The van der Waals surface area contributed by atoms with Crippen LogP contribution in [0.1, 0.15) is 39.5 Å². The second kappa shape index (κ2) is 7.65. The molecular formula is C20H30N2O3. The van der Waals surface area contributed by atoms with Gasteiger partial charge >= 0.3 is 5.97 Å². The van der Waals surface area contributed by atoms with Crippen LogP contribution in [0.5, 0.6) is 5.75 Å². The van der Waals surface area contributed by atoms with E-state index in [1.54, 1.807) is 6.07 Å². The molecule has 0 radical (unpaired) electrons. The number of carbonyl (C=O) groups is 1. The number of phenolic OH excluding ortho intramolecular Hbond substituents is 1. The molecule has 5 nitrogen and oxygen atoms in total. The Balaban J connectivity index is 1.45. The number of nitrogens with zero attached hydrogens (tertiary/aromatic N) is 2. The van der Waals surface area contributed by atoms with Gasteiger partial charge in [0.05, 0.1) is 5.41 Å². The second-order valence-electron chi connectivity index (χ2n) is 7.36. The van der Waals surface area contributed by atoms with Gasteiger partial charge in [0.15, 0.2) is 0 Å². The molecular weight excluding hydrogens is 316 g/mol. The fourth-order valence-corrected chi connectivity index (χ4v) is 4.07. The fourth-order valence-electron chi connectivity index (χ4n) is 4.07. The minimum atomic E-state index is -0.237. The number of anilines is 1. The minimum Gasteiger partial charge on any atom is -0.508 e. The number of rotatable bonds is 6. The summed E-state index contributed by atoms with van der Waals surface area (Å²) < 4.78 is 5.65. The molecule has 3 rings (SSSR count). The van der Waals surface area contributed by atoms with E-state index >= 15 is 0 Å². The average molecular weight is 346 g/mol. The summed E-state index contributed by atoms with van der Waals surface area (Å²) >= 11 is 0. The summed E-state index contributed by atoms with van der Waals surface area (Å²) in [6.07, 6.45) is 3.64. The quantitative estimate of drug-likeness (QED) is 0.803. The fraction of sp³-hybridized carbons (Fsp3) is 0.650. The Morgan fingerprint density at radius 3 is 2.52 bits per heavy atom.